The second-order valence-electron chi connectivity index (χ2n) is 6.01. The molecule has 6 heteroatoms. The van der Waals surface area contributed by atoms with Crippen molar-refractivity contribution in [2.24, 2.45) is 0 Å². The van der Waals surface area contributed by atoms with Crippen LogP contribution in [0.25, 0.3) is 0 Å². The maximum atomic E-state index is 12.6. The third kappa shape index (κ3) is 3.06. The van der Waals surface area contributed by atoms with E-state index in [-0.39, 0.29) is 24.3 Å². The molecule has 0 unspecified atom stereocenters. The van der Waals surface area contributed by atoms with Crippen molar-refractivity contribution >= 4 is 23.4 Å². The number of hydrogen-bond donors (Lipinski definition) is 0. The van der Waals surface area contributed by atoms with Gasteiger partial charge in [0.25, 0.3) is 0 Å². The molecule has 2 heterocycles. The molecule has 0 aromatic heterocycles. The minimum atomic E-state index is -0.485. The first kappa shape index (κ1) is 15.5. The topological polar surface area (TPSA) is 60.9 Å². The van der Waals surface area contributed by atoms with E-state index in [1.54, 1.807) is 21.6 Å². The van der Waals surface area contributed by atoms with E-state index in [0.29, 0.717) is 26.1 Å². The van der Waals surface area contributed by atoms with Crippen LogP contribution in [-0.2, 0) is 14.4 Å². The van der Waals surface area contributed by atoms with Crippen molar-refractivity contribution in [3.8, 4) is 0 Å². The first-order chi connectivity index (χ1) is 11.1. The summed E-state index contributed by atoms with van der Waals surface area (Å²) >= 11 is 0. The molecule has 0 aliphatic carbocycles. The average Bonchev–Trinajstić information content (AvgIpc) is 3.00. The zero-order chi connectivity index (χ0) is 16.4. The monoisotopic (exact) mass is 315 g/mol. The number of piperazine rings is 1. The van der Waals surface area contributed by atoms with Crippen LogP contribution >= 0.6 is 0 Å². The largest absolute Gasteiger partial charge is 0.331 e. The van der Waals surface area contributed by atoms with Crippen molar-refractivity contribution in [3.63, 3.8) is 0 Å². The van der Waals surface area contributed by atoms with Crippen molar-refractivity contribution in [3.05, 3.63) is 30.3 Å². The number of rotatable bonds is 3. The van der Waals surface area contributed by atoms with Gasteiger partial charge in [0.2, 0.25) is 17.7 Å². The van der Waals surface area contributed by atoms with Gasteiger partial charge >= 0.3 is 0 Å². The zero-order valence-electron chi connectivity index (χ0n) is 13.3. The van der Waals surface area contributed by atoms with Crippen LogP contribution in [0.15, 0.2) is 30.3 Å². The highest BCUT2D eigenvalue weighted by Crippen LogP contribution is 2.19. The van der Waals surface area contributed by atoms with E-state index in [4.69, 9.17) is 0 Å². The molecule has 0 N–H and O–H groups in total. The molecule has 3 rings (SSSR count). The van der Waals surface area contributed by atoms with Crippen LogP contribution < -0.4 is 4.90 Å². The summed E-state index contributed by atoms with van der Waals surface area (Å²) in [6.45, 7) is 3.42. The van der Waals surface area contributed by atoms with Gasteiger partial charge in [0.15, 0.2) is 0 Å². The molecule has 0 bridgehead atoms. The lowest BCUT2D eigenvalue weighted by Gasteiger charge is -2.37. The molecule has 1 aromatic carbocycles. The molecule has 2 aliphatic heterocycles. The molecule has 1 atom stereocenters. The van der Waals surface area contributed by atoms with Crippen LogP contribution in [0, 0.1) is 0 Å². The maximum absolute atomic E-state index is 12.6. The quantitative estimate of drug-likeness (QED) is 0.832. The van der Waals surface area contributed by atoms with Crippen LogP contribution in [0.5, 0.6) is 0 Å². The van der Waals surface area contributed by atoms with E-state index in [2.05, 4.69) is 0 Å². The van der Waals surface area contributed by atoms with Gasteiger partial charge in [-0.2, -0.15) is 0 Å². The van der Waals surface area contributed by atoms with Crippen molar-refractivity contribution in [1.29, 1.82) is 0 Å². The number of nitrogens with zero attached hydrogens (tertiary/aromatic N) is 3. The highest BCUT2D eigenvalue weighted by Gasteiger charge is 2.35. The normalized spacial score (nSPS) is 20.1. The Kier molecular flexibility index (Phi) is 4.32. The smallest absolute Gasteiger partial charge is 0.246 e. The van der Waals surface area contributed by atoms with E-state index < -0.39 is 6.04 Å². The summed E-state index contributed by atoms with van der Waals surface area (Å²) in [6.07, 6.45) is 1.31. The molecule has 122 valence electrons. The van der Waals surface area contributed by atoms with Crippen molar-refractivity contribution in [2.45, 2.75) is 25.8 Å². The molecule has 2 saturated heterocycles. The molecular formula is C17H21N3O3. The number of amides is 3. The highest BCUT2D eigenvalue weighted by atomic mass is 16.2. The molecule has 2 fully saturated rings. The van der Waals surface area contributed by atoms with Crippen molar-refractivity contribution in [2.75, 3.05) is 31.1 Å². The zero-order valence-corrected chi connectivity index (χ0v) is 13.3. The fourth-order valence-corrected chi connectivity index (χ4v) is 3.22. The second-order valence-corrected chi connectivity index (χ2v) is 6.01. The van der Waals surface area contributed by atoms with E-state index in [1.807, 2.05) is 30.3 Å². The summed E-state index contributed by atoms with van der Waals surface area (Å²) in [4.78, 5) is 41.6. The molecular weight excluding hydrogens is 294 g/mol. The van der Waals surface area contributed by atoms with Crippen LogP contribution in [0.3, 0.4) is 0 Å². The standard InChI is InChI=1S/C17H21N3O3/c1-13(19-9-5-8-15(19)21)17(23)18-10-11-20(16(22)12-18)14-6-3-2-4-7-14/h2-4,6-7,13H,5,8-12H2,1H3/t13-/m1/s1. The fourth-order valence-electron chi connectivity index (χ4n) is 3.22. The van der Waals surface area contributed by atoms with Gasteiger partial charge in [0, 0.05) is 31.7 Å². The highest BCUT2D eigenvalue weighted by molar-refractivity contribution is 5.99. The number of para-hydroxylation sites is 1. The predicted octanol–water partition coefficient (Wildman–Crippen LogP) is 0.873. The van der Waals surface area contributed by atoms with Crippen LogP contribution in [-0.4, -0.2) is 59.7 Å². The number of anilines is 1. The Morgan fingerprint density at radius 2 is 1.78 bits per heavy atom. The third-order valence-electron chi connectivity index (χ3n) is 4.54. The second kappa shape index (κ2) is 6.40. The predicted molar refractivity (Wildman–Crippen MR) is 85.8 cm³/mol. The molecule has 0 spiro atoms. The van der Waals surface area contributed by atoms with Gasteiger partial charge < -0.3 is 14.7 Å². The molecule has 6 nitrogen and oxygen atoms in total. The van der Waals surface area contributed by atoms with Gasteiger partial charge in [-0.1, -0.05) is 18.2 Å². The lowest BCUT2D eigenvalue weighted by Crippen LogP contribution is -2.56. The third-order valence-corrected chi connectivity index (χ3v) is 4.54. The Morgan fingerprint density at radius 3 is 2.39 bits per heavy atom. The number of benzene rings is 1. The van der Waals surface area contributed by atoms with E-state index in [9.17, 15) is 14.4 Å². The Hall–Kier alpha value is -2.37. The van der Waals surface area contributed by atoms with Gasteiger partial charge in [-0.3, -0.25) is 14.4 Å². The van der Waals surface area contributed by atoms with Crippen LogP contribution in [0.1, 0.15) is 19.8 Å². The first-order valence-electron chi connectivity index (χ1n) is 8.01. The van der Waals surface area contributed by atoms with Crippen LogP contribution in [0.2, 0.25) is 0 Å². The molecule has 0 radical (unpaired) electrons. The molecule has 0 saturated carbocycles. The van der Waals surface area contributed by atoms with Crippen molar-refractivity contribution in [1.82, 2.24) is 9.80 Å². The van der Waals surface area contributed by atoms with Crippen LogP contribution in [0.4, 0.5) is 5.69 Å². The van der Waals surface area contributed by atoms with Gasteiger partial charge in [0.05, 0.1) is 0 Å². The number of likely N-dealkylation sites (tertiary alicyclic amines) is 1. The molecule has 2 aliphatic rings. The first-order valence-corrected chi connectivity index (χ1v) is 8.01. The SMILES string of the molecule is C[C@H](C(=O)N1CCN(c2ccccc2)C(=O)C1)N1CCCC1=O. The number of carbonyl (C=O) groups excluding carboxylic acids is 3. The average molecular weight is 315 g/mol. The Balaban J connectivity index is 1.64. The minimum Gasteiger partial charge on any atom is -0.331 e. The van der Waals surface area contributed by atoms with E-state index in [1.165, 1.54) is 0 Å². The lowest BCUT2D eigenvalue weighted by atomic mass is 10.2. The summed E-state index contributed by atoms with van der Waals surface area (Å²) in [5.41, 5.74) is 0.854. The van der Waals surface area contributed by atoms with Gasteiger partial charge in [0.1, 0.15) is 12.6 Å². The summed E-state index contributed by atoms with van der Waals surface area (Å²) in [5, 5.41) is 0. The maximum Gasteiger partial charge on any atom is 0.246 e. The fraction of sp³-hybridized carbons (Fsp3) is 0.471. The molecule has 23 heavy (non-hydrogen) atoms. The summed E-state index contributed by atoms with van der Waals surface area (Å²) in [7, 11) is 0. The summed E-state index contributed by atoms with van der Waals surface area (Å²) in [6, 6.07) is 8.98. The number of carbonyl (C=O) groups is 3. The lowest BCUT2D eigenvalue weighted by molar-refractivity contribution is -0.145. The Morgan fingerprint density at radius 1 is 1.04 bits per heavy atom. The van der Waals surface area contributed by atoms with Gasteiger partial charge in [-0.25, -0.2) is 0 Å². The Labute approximate surface area is 135 Å². The van der Waals surface area contributed by atoms with Gasteiger partial charge in [-0.05, 0) is 25.5 Å². The summed E-state index contributed by atoms with van der Waals surface area (Å²) in [5.74, 6) is -0.197. The number of hydrogen-bond acceptors (Lipinski definition) is 3. The van der Waals surface area contributed by atoms with Crippen molar-refractivity contribution < 1.29 is 14.4 Å². The van der Waals surface area contributed by atoms with E-state index in [0.717, 1.165) is 12.1 Å². The molecule has 3 amide bonds. The molecule has 1 aromatic rings. The van der Waals surface area contributed by atoms with E-state index >= 15 is 0 Å². The Bertz CT molecular complexity index is 617. The van der Waals surface area contributed by atoms with Gasteiger partial charge in [-0.15, -0.1) is 0 Å². The minimum absolute atomic E-state index is 0.0279. The summed E-state index contributed by atoms with van der Waals surface area (Å²) < 4.78 is 0.